The van der Waals surface area contributed by atoms with Crippen molar-refractivity contribution in [3.8, 4) is 0 Å². The molecule has 31 heavy (non-hydrogen) atoms. The van der Waals surface area contributed by atoms with E-state index in [4.69, 9.17) is 4.43 Å². The van der Waals surface area contributed by atoms with Gasteiger partial charge in [-0.3, -0.25) is 0 Å². The van der Waals surface area contributed by atoms with Crippen LogP contribution in [0, 0.1) is 0 Å². The van der Waals surface area contributed by atoms with Crippen LogP contribution in [0.4, 0.5) is 0 Å². The zero-order chi connectivity index (χ0) is 20.1. The third-order valence-corrected chi connectivity index (χ3v) is 12.3. The molecule has 0 amide bonds. The molecule has 3 aromatic carbocycles. The quantitative estimate of drug-likeness (QED) is 0.593. The Hall–Kier alpha value is -2.35. The zero-order valence-electron chi connectivity index (χ0n) is 19.0. The molecular weight excluding hydrogens is 387 g/mol. The number of hydrogen-bond donors (Lipinski definition) is 0. The first kappa shape index (κ1) is 20.6. The third-order valence-electron chi connectivity index (χ3n) is 7.21. The summed E-state index contributed by atoms with van der Waals surface area (Å²) in [5.41, 5.74) is 9.18. The van der Waals surface area contributed by atoms with E-state index >= 15 is 0 Å². The van der Waals surface area contributed by atoms with Gasteiger partial charge in [-0.1, -0.05) is 109 Å². The van der Waals surface area contributed by atoms with Crippen molar-refractivity contribution < 1.29 is 24.7 Å². The normalized spacial score (nSPS) is 23.7. The number of rotatable bonds is 4. The first-order valence-electron chi connectivity index (χ1n) is 10.7. The van der Waals surface area contributed by atoms with Crippen LogP contribution in [0.2, 0.25) is 0 Å². The van der Waals surface area contributed by atoms with Crippen molar-refractivity contribution in [3.63, 3.8) is 0 Å². The third kappa shape index (κ3) is 2.94. The minimum absolute atomic E-state index is 0. The van der Waals surface area contributed by atoms with E-state index in [1.165, 1.54) is 33.4 Å². The molecule has 0 N–H and O–H groups in total. The first-order valence-corrected chi connectivity index (χ1v) is 12.8. The van der Waals surface area contributed by atoms with Crippen LogP contribution in [0.15, 0.2) is 91.0 Å². The van der Waals surface area contributed by atoms with Crippen molar-refractivity contribution in [1.29, 1.82) is 0 Å². The van der Waals surface area contributed by atoms with E-state index in [9.17, 15) is 0 Å². The van der Waals surface area contributed by atoms with Crippen LogP contribution in [0.1, 0.15) is 51.4 Å². The van der Waals surface area contributed by atoms with Crippen LogP contribution in [0.25, 0.3) is 18.2 Å². The van der Waals surface area contributed by atoms with E-state index in [1.54, 1.807) is 0 Å². The summed E-state index contributed by atoms with van der Waals surface area (Å²) in [5.74, 6) is 0. The molecule has 0 radical (unpaired) electrons. The van der Waals surface area contributed by atoms with Crippen molar-refractivity contribution in [3.05, 3.63) is 124 Å². The molecule has 0 heterocycles. The van der Waals surface area contributed by atoms with Gasteiger partial charge in [-0.15, -0.1) is 0 Å². The van der Waals surface area contributed by atoms with Gasteiger partial charge in [0.1, 0.15) is 0 Å². The SMILES string of the molecule is CO[Si](C1C=Cc2ccccc21)(C1C=Cc2ccccc21)C1C=Cc2ccccc21.[H-].[Li+]. The Bertz CT molecular complexity index is 1080. The fourth-order valence-electron chi connectivity index (χ4n) is 5.89. The average molecular weight is 413 g/mol. The average Bonchev–Trinajstić information content (AvgIpc) is 3.53. The zero-order valence-corrected chi connectivity index (χ0v) is 19.0. The van der Waals surface area contributed by atoms with Gasteiger partial charge in [0, 0.05) is 23.7 Å². The summed E-state index contributed by atoms with van der Waals surface area (Å²) in [5, 5.41) is 0. The molecule has 3 atom stereocenters. The largest absolute Gasteiger partial charge is 1.00 e. The number of fused-ring (bicyclic) bond motifs is 3. The predicted molar refractivity (Wildman–Crippen MR) is 129 cm³/mol. The van der Waals surface area contributed by atoms with E-state index in [0.29, 0.717) is 16.6 Å². The summed E-state index contributed by atoms with van der Waals surface area (Å²) >= 11 is 0. The molecule has 3 aromatic rings. The van der Waals surface area contributed by atoms with Crippen molar-refractivity contribution in [2.45, 2.75) is 16.6 Å². The van der Waals surface area contributed by atoms with Gasteiger partial charge >= 0.3 is 18.9 Å². The summed E-state index contributed by atoms with van der Waals surface area (Å²) in [6.07, 6.45) is 14.2. The molecule has 0 bridgehead atoms. The van der Waals surface area contributed by atoms with Crippen LogP contribution in [-0.2, 0) is 4.43 Å². The Morgan fingerprint density at radius 1 is 0.581 bits per heavy atom. The molecule has 3 aliphatic rings. The maximum atomic E-state index is 6.85. The van der Waals surface area contributed by atoms with Gasteiger partial charge in [-0.25, -0.2) is 0 Å². The van der Waals surface area contributed by atoms with Crippen LogP contribution < -0.4 is 18.9 Å². The molecule has 0 saturated carbocycles. The maximum absolute atomic E-state index is 6.85. The minimum atomic E-state index is -2.48. The molecule has 0 aliphatic heterocycles. The van der Waals surface area contributed by atoms with Gasteiger partial charge < -0.3 is 5.85 Å². The number of hydrogen-bond acceptors (Lipinski definition) is 1. The molecule has 0 saturated heterocycles. The predicted octanol–water partition coefficient (Wildman–Crippen LogP) is 3.74. The molecule has 1 nitrogen and oxygen atoms in total. The van der Waals surface area contributed by atoms with E-state index in [-0.39, 0.29) is 20.3 Å². The van der Waals surface area contributed by atoms with E-state index in [2.05, 4.69) is 109 Å². The summed E-state index contributed by atoms with van der Waals surface area (Å²) in [7, 11) is -0.522. The number of benzene rings is 3. The summed E-state index contributed by atoms with van der Waals surface area (Å²) < 4.78 is 6.85. The number of allylic oxidation sites excluding steroid dienone is 3. The monoisotopic (exact) mass is 412 g/mol. The summed E-state index contributed by atoms with van der Waals surface area (Å²) in [6.45, 7) is 0. The van der Waals surface area contributed by atoms with Crippen LogP contribution in [0.3, 0.4) is 0 Å². The molecule has 6 rings (SSSR count). The van der Waals surface area contributed by atoms with E-state index in [1.807, 2.05) is 7.11 Å². The second-order valence-corrected chi connectivity index (χ2v) is 12.4. The van der Waals surface area contributed by atoms with Crippen molar-refractivity contribution >= 4 is 26.5 Å². The fourth-order valence-corrected chi connectivity index (χ4v) is 11.3. The second-order valence-electron chi connectivity index (χ2n) is 8.45. The van der Waals surface area contributed by atoms with Crippen LogP contribution >= 0.6 is 0 Å². The first-order chi connectivity index (χ1) is 14.8. The molecular formula is C28H25LiOSi. The van der Waals surface area contributed by atoms with Gasteiger partial charge in [0.25, 0.3) is 0 Å². The Balaban J connectivity index is 0.00000122. The van der Waals surface area contributed by atoms with E-state index in [0.717, 1.165) is 0 Å². The summed E-state index contributed by atoms with van der Waals surface area (Å²) in [4.78, 5) is 0. The Morgan fingerprint density at radius 2 is 0.903 bits per heavy atom. The van der Waals surface area contributed by atoms with Crippen molar-refractivity contribution in [1.82, 2.24) is 0 Å². The van der Waals surface area contributed by atoms with Crippen LogP contribution in [0.5, 0.6) is 0 Å². The van der Waals surface area contributed by atoms with Crippen molar-refractivity contribution in [2.24, 2.45) is 0 Å². The van der Waals surface area contributed by atoms with Gasteiger partial charge in [0.2, 0.25) is 8.32 Å². The molecule has 0 spiro atoms. The topological polar surface area (TPSA) is 9.23 Å². The molecule has 3 unspecified atom stereocenters. The van der Waals surface area contributed by atoms with Gasteiger partial charge in [0.15, 0.2) is 0 Å². The van der Waals surface area contributed by atoms with Gasteiger partial charge in [0.05, 0.1) is 0 Å². The molecule has 3 heteroatoms. The summed E-state index contributed by atoms with van der Waals surface area (Å²) in [6, 6.07) is 26.5. The molecule has 0 fully saturated rings. The van der Waals surface area contributed by atoms with E-state index < -0.39 is 8.32 Å². The standard InChI is InChI=1S/C28H24OSi.Li.H/c1-29-30(26-17-14-20-8-2-5-11-23(20)26,27-18-15-21-9-3-6-12-24(21)27)28-19-16-22-10-4-7-13-25(22)28;;/h2-19,26-28H,1H3;;/q;+1;-1. The molecule has 0 aromatic heterocycles. The molecule has 148 valence electrons. The van der Waals surface area contributed by atoms with Crippen LogP contribution in [-0.4, -0.2) is 15.4 Å². The fraction of sp³-hybridized carbons (Fsp3) is 0.143. The second kappa shape index (κ2) is 7.97. The van der Waals surface area contributed by atoms with Gasteiger partial charge in [-0.05, 0) is 33.4 Å². The maximum Gasteiger partial charge on any atom is 1.00 e. The van der Waals surface area contributed by atoms with Gasteiger partial charge in [-0.2, -0.15) is 0 Å². The molecule has 3 aliphatic carbocycles. The Kier molecular flexibility index (Phi) is 5.28. The van der Waals surface area contributed by atoms with Crippen molar-refractivity contribution in [2.75, 3.05) is 7.11 Å². The minimum Gasteiger partial charge on any atom is -1.00 e. The Morgan fingerprint density at radius 3 is 1.23 bits per heavy atom. The smallest absolute Gasteiger partial charge is 1.00 e. The Labute approximate surface area is 199 Å².